The van der Waals surface area contributed by atoms with Gasteiger partial charge in [0, 0.05) is 18.6 Å². The summed E-state index contributed by atoms with van der Waals surface area (Å²) in [5.74, 6) is -12.0. The topological polar surface area (TPSA) is 79.3 Å². The third-order valence-electron chi connectivity index (χ3n) is 4.64. The van der Waals surface area contributed by atoms with Gasteiger partial charge in [0.05, 0.1) is 17.6 Å². The number of fused-ring (bicyclic) bond motifs is 3. The fourth-order valence-electron chi connectivity index (χ4n) is 3.28. The Bertz CT molecular complexity index is 1250. The van der Waals surface area contributed by atoms with Crippen molar-refractivity contribution in [3.05, 3.63) is 47.5 Å². The first kappa shape index (κ1) is 19.4. The fraction of sp³-hybridized carbons (Fsp3) is 0.188. The highest BCUT2D eigenvalue weighted by Gasteiger charge is 2.36. The first-order chi connectivity index (χ1) is 13.6. The highest BCUT2D eigenvalue weighted by molar-refractivity contribution is 7.90. The molecule has 1 aliphatic rings. The molecule has 154 valence electrons. The highest BCUT2D eigenvalue weighted by atomic mass is 32.2. The second-order valence-corrected chi connectivity index (χ2v) is 7.97. The highest BCUT2D eigenvalue weighted by Crippen LogP contribution is 2.39. The van der Waals surface area contributed by atoms with Gasteiger partial charge in [-0.3, -0.25) is 5.32 Å². The van der Waals surface area contributed by atoms with Crippen LogP contribution in [0.2, 0.25) is 0 Å². The molecule has 2 N–H and O–H groups in total. The van der Waals surface area contributed by atoms with Crippen LogP contribution in [0.25, 0.3) is 11.0 Å². The molecule has 29 heavy (non-hydrogen) atoms. The molecule has 1 atom stereocenters. The van der Waals surface area contributed by atoms with Crippen LogP contribution in [0.4, 0.5) is 33.3 Å². The predicted molar refractivity (Wildman–Crippen MR) is 93.4 cm³/mol. The third-order valence-corrected chi connectivity index (χ3v) is 6.33. The molecular formula is C16H12F5N5O2S. The van der Waals surface area contributed by atoms with Gasteiger partial charge in [0.1, 0.15) is 0 Å². The van der Waals surface area contributed by atoms with Crippen LogP contribution in [-0.2, 0) is 10.0 Å². The molecule has 0 amide bonds. The Hall–Kier alpha value is -2.93. The normalized spacial score (nSPS) is 16.4. The zero-order valence-electron chi connectivity index (χ0n) is 14.8. The van der Waals surface area contributed by atoms with Crippen molar-refractivity contribution in [1.82, 2.24) is 14.3 Å². The number of benzene rings is 1. The largest absolute Gasteiger partial charge is 0.350 e. The molecule has 7 nitrogen and oxygen atoms in total. The first-order valence-electron chi connectivity index (χ1n) is 8.05. The standard InChI is InChI=1S/C16H12F5N5O2S/c1-22-16-24-7-5-23-15-6(13(7)25(16)2)3-4-26(15)29(27,28)14-11(20)9(18)8(17)10(19)12(14)21/h3-5,16,22,24H,1-2H3. The third kappa shape index (κ3) is 2.50. The van der Waals surface area contributed by atoms with Crippen molar-refractivity contribution in [3.63, 3.8) is 0 Å². The molecule has 0 saturated carbocycles. The van der Waals surface area contributed by atoms with E-state index in [1.807, 2.05) is 0 Å². The van der Waals surface area contributed by atoms with Gasteiger partial charge in [0.15, 0.2) is 40.1 Å². The van der Waals surface area contributed by atoms with Gasteiger partial charge in [-0.25, -0.2) is 39.3 Å². The van der Waals surface area contributed by atoms with Gasteiger partial charge in [-0.2, -0.15) is 0 Å². The van der Waals surface area contributed by atoms with Crippen molar-refractivity contribution in [1.29, 1.82) is 0 Å². The minimum Gasteiger partial charge on any atom is -0.350 e. The SMILES string of the molecule is CNC1Nc2cnc3c(ccn3S(=O)(=O)c3c(F)c(F)c(F)c(F)c3F)c2N1C. The molecule has 2 aromatic heterocycles. The molecule has 0 aliphatic carbocycles. The maximum atomic E-state index is 14.1. The van der Waals surface area contributed by atoms with Gasteiger partial charge in [-0.15, -0.1) is 0 Å². The Morgan fingerprint density at radius 1 is 1.07 bits per heavy atom. The van der Waals surface area contributed by atoms with E-state index < -0.39 is 44.0 Å². The molecule has 0 saturated heterocycles. The average molecular weight is 433 g/mol. The van der Waals surface area contributed by atoms with Gasteiger partial charge in [0.2, 0.25) is 5.82 Å². The lowest BCUT2D eigenvalue weighted by atomic mass is 10.2. The van der Waals surface area contributed by atoms with Gasteiger partial charge < -0.3 is 10.2 Å². The molecule has 0 bridgehead atoms. The van der Waals surface area contributed by atoms with Crippen molar-refractivity contribution in [2.45, 2.75) is 11.2 Å². The monoisotopic (exact) mass is 433 g/mol. The zero-order valence-corrected chi connectivity index (χ0v) is 15.6. The summed E-state index contributed by atoms with van der Waals surface area (Å²) in [6.07, 6.45) is 1.91. The molecule has 0 radical (unpaired) electrons. The van der Waals surface area contributed by atoms with Crippen LogP contribution in [0.5, 0.6) is 0 Å². The van der Waals surface area contributed by atoms with Crippen molar-refractivity contribution in [2.24, 2.45) is 0 Å². The van der Waals surface area contributed by atoms with E-state index in [-0.39, 0.29) is 11.9 Å². The van der Waals surface area contributed by atoms with E-state index in [2.05, 4.69) is 15.6 Å². The molecular weight excluding hydrogens is 421 g/mol. The van der Waals surface area contributed by atoms with Gasteiger partial charge >= 0.3 is 0 Å². The fourth-order valence-corrected chi connectivity index (χ4v) is 4.70. The minimum absolute atomic E-state index is 0.238. The van der Waals surface area contributed by atoms with Crippen molar-refractivity contribution < 1.29 is 30.4 Å². The maximum Gasteiger partial charge on any atom is 0.275 e. The van der Waals surface area contributed by atoms with Gasteiger partial charge in [-0.1, -0.05) is 0 Å². The molecule has 3 aromatic rings. The second-order valence-electron chi connectivity index (χ2n) is 6.22. The van der Waals surface area contributed by atoms with Crippen molar-refractivity contribution in [2.75, 3.05) is 24.3 Å². The number of nitrogens with zero attached hydrogens (tertiary/aromatic N) is 3. The number of nitrogens with one attached hydrogen (secondary N) is 2. The summed E-state index contributed by atoms with van der Waals surface area (Å²) < 4.78 is 94.6. The molecule has 1 aliphatic heterocycles. The molecule has 13 heteroatoms. The zero-order chi connectivity index (χ0) is 21.2. The predicted octanol–water partition coefficient (Wildman–Crippen LogP) is 2.33. The van der Waals surface area contributed by atoms with E-state index in [0.29, 0.717) is 20.7 Å². The van der Waals surface area contributed by atoms with E-state index in [1.54, 1.807) is 19.0 Å². The number of hydrogen-bond acceptors (Lipinski definition) is 6. The van der Waals surface area contributed by atoms with Crippen LogP contribution in [0.1, 0.15) is 0 Å². The van der Waals surface area contributed by atoms with E-state index >= 15 is 0 Å². The molecule has 4 rings (SSSR count). The van der Waals surface area contributed by atoms with Gasteiger partial charge in [0.25, 0.3) is 10.0 Å². The van der Waals surface area contributed by atoms with Crippen LogP contribution < -0.4 is 15.5 Å². The number of halogens is 5. The maximum absolute atomic E-state index is 14.1. The van der Waals surface area contributed by atoms with Crippen molar-refractivity contribution in [3.8, 4) is 0 Å². The summed E-state index contributed by atoms with van der Waals surface area (Å²) in [5, 5.41) is 6.34. The van der Waals surface area contributed by atoms with E-state index in [0.717, 1.165) is 6.20 Å². The molecule has 1 unspecified atom stereocenters. The van der Waals surface area contributed by atoms with E-state index in [4.69, 9.17) is 0 Å². The Morgan fingerprint density at radius 2 is 1.66 bits per heavy atom. The smallest absolute Gasteiger partial charge is 0.275 e. The van der Waals surface area contributed by atoms with Crippen molar-refractivity contribution >= 4 is 32.4 Å². The summed E-state index contributed by atoms with van der Waals surface area (Å²) in [7, 11) is -1.81. The van der Waals surface area contributed by atoms with Gasteiger partial charge in [-0.05, 0) is 13.1 Å². The van der Waals surface area contributed by atoms with E-state index in [9.17, 15) is 30.4 Å². The number of aromatic nitrogens is 2. The molecule has 3 heterocycles. The van der Waals surface area contributed by atoms with Crippen LogP contribution in [0.15, 0.2) is 23.4 Å². The Morgan fingerprint density at radius 3 is 2.24 bits per heavy atom. The lowest BCUT2D eigenvalue weighted by molar-refractivity contribution is 0.357. The second kappa shape index (κ2) is 6.29. The number of rotatable bonds is 3. The quantitative estimate of drug-likeness (QED) is 0.375. The summed E-state index contributed by atoms with van der Waals surface area (Å²) >= 11 is 0. The lowest BCUT2D eigenvalue weighted by Crippen LogP contribution is -2.43. The molecule has 1 aromatic carbocycles. The molecule has 0 spiro atoms. The van der Waals surface area contributed by atoms with Crippen LogP contribution in [0, 0.1) is 29.1 Å². The Kier molecular flexibility index (Phi) is 4.20. The summed E-state index contributed by atoms with van der Waals surface area (Å²) in [6, 6.07) is 1.32. The van der Waals surface area contributed by atoms with Crippen LogP contribution in [-0.4, -0.2) is 37.8 Å². The lowest BCUT2D eigenvalue weighted by Gasteiger charge is -2.21. The summed E-state index contributed by atoms with van der Waals surface area (Å²) in [4.78, 5) is 3.77. The number of hydrogen-bond donors (Lipinski definition) is 2. The summed E-state index contributed by atoms with van der Waals surface area (Å²) in [6.45, 7) is 0. The number of pyridine rings is 1. The van der Waals surface area contributed by atoms with Crippen LogP contribution in [0.3, 0.4) is 0 Å². The summed E-state index contributed by atoms with van der Waals surface area (Å²) in [5.41, 5.74) is 0.865. The molecule has 0 fully saturated rings. The average Bonchev–Trinajstić information content (AvgIpc) is 3.26. The first-order valence-corrected chi connectivity index (χ1v) is 9.49. The Labute approximate surface area is 160 Å². The minimum atomic E-state index is -5.20. The van der Waals surface area contributed by atoms with Crippen LogP contribution >= 0.6 is 0 Å². The van der Waals surface area contributed by atoms with E-state index in [1.165, 1.54) is 12.3 Å². The Balaban J connectivity index is 1.97. The number of anilines is 2.